The highest BCUT2D eigenvalue weighted by molar-refractivity contribution is 9.10. The molecule has 0 bridgehead atoms. The lowest BCUT2D eigenvalue weighted by Gasteiger charge is -2.25. The highest BCUT2D eigenvalue weighted by Gasteiger charge is 2.26. The summed E-state index contributed by atoms with van der Waals surface area (Å²) in [6.45, 7) is 0. The molecule has 4 nitrogen and oxygen atoms in total. The van der Waals surface area contributed by atoms with E-state index >= 15 is 0 Å². The minimum Gasteiger partial charge on any atom is -0.269 e. The molecule has 0 amide bonds. The van der Waals surface area contributed by atoms with Gasteiger partial charge in [-0.2, -0.15) is 0 Å². The van der Waals surface area contributed by atoms with Crippen LogP contribution in [-0.2, 0) is 0 Å². The van der Waals surface area contributed by atoms with Gasteiger partial charge in [0.25, 0.3) is 5.56 Å². The lowest BCUT2D eigenvalue weighted by molar-refractivity contribution is 0.916. The zero-order valence-electron chi connectivity index (χ0n) is 18.6. The SMILES string of the molecule is O=c1c(Br)cn(P(c2ccccc2)c2ccccc2)c(=O)n1P(c1ccccc1)c1ccccc1. The van der Waals surface area contributed by atoms with Gasteiger partial charge in [-0.3, -0.25) is 9.13 Å². The van der Waals surface area contributed by atoms with E-state index in [9.17, 15) is 9.59 Å². The van der Waals surface area contributed by atoms with Crippen molar-refractivity contribution in [3.8, 4) is 0 Å². The topological polar surface area (TPSA) is 44.0 Å². The summed E-state index contributed by atoms with van der Waals surface area (Å²) in [5.41, 5.74) is -0.656. The number of benzene rings is 4. The third-order valence-corrected chi connectivity index (χ3v) is 10.6. The number of hydrogen-bond acceptors (Lipinski definition) is 2. The lowest BCUT2D eigenvalue weighted by atomic mass is 10.4. The van der Waals surface area contributed by atoms with Crippen molar-refractivity contribution < 1.29 is 0 Å². The molecule has 7 heteroatoms. The third-order valence-electron chi connectivity index (χ3n) is 5.43. The van der Waals surface area contributed by atoms with E-state index in [1.54, 1.807) is 10.5 Å². The second kappa shape index (κ2) is 10.7. The molecule has 0 N–H and O–H groups in total. The summed E-state index contributed by atoms with van der Waals surface area (Å²) >= 11 is 3.49. The van der Waals surface area contributed by atoms with E-state index in [-0.39, 0.29) is 11.2 Å². The van der Waals surface area contributed by atoms with Crippen LogP contribution in [0, 0.1) is 0 Å². The Labute approximate surface area is 214 Å². The van der Waals surface area contributed by atoms with E-state index in [2.05, 4.69) is 15.9 Å². The normalized spacial score (nSPS) is 11.2. The van der Waals surface area contributed by atoms with Crippen LogP contribution in [0.25, 0.3) is 0 Å². The van der Waals surface area contributed by atoms with Crippen LogP contribution in [0.3, 0.4) is 0 Å². The summed E-state index contributed by atoms with van der Waals surface area (Å²) in [5.74, 6) is 0. The van der Waals surface area contributed by atoms with Crippen molar-refractivity contribution in [1.82, 2.24) is 8.68 Å². The number of hydrogen-bond donors (Lipinski definition) is 0. The first kappa shape index (κ1) is 23.6. The van der Waals surface area contributed by atoms with Gasteiger partial charge >= 0.3 is 5.69 Å². The monoisotopic (exact) mass is 558 g/mol. The molecule has 0 saturated heterocycles. The molecule has 35 heavy (non-hydrogen) atoms. The highest BCUT2D eigenvalue weighted by Crippen LogP contribution is 2.37. The molecule has 5 aromatic rings. The van der Waals surface area contributed by atoms with Gasteiger partial charge < -0.3 is 0 Å². The van der Waals surface area contributed by atoms with Crippen molar-refractivity contribution in [2.24, 2.45) is 0 Å². The number of aromatic nitrogens is 2. The average Bonchev–Trinajstić information content (AvgIpc) is 2.92. The first-order chi connectivity index (χ1) is 17.1. The van der Waals surface area contributed by atoms with Gasteiger partial charge in [-0.15, -0.1) is 0 Å². The molecule has 5 rings (SSSR count). The summed E-state index contributed by atoms with van der Waals surface area (Å²) in [6, 6.07) is 39.5. The van der Waals surface area contributed by atoms with Crippen molar-refractivity contribution in [3.05, 3.63) is 153 Å². The van der Waals surface area contributed by atoms with Crippen LogP contribution in [0.5, 0.6) is 0 Å². The van der Waals surface area contributed by atoms with Crippen LogP contribution >= 0.6 is 32.1 Å². The molecular formula is C28H21BrN2O2P2. The zero-order valence-corrected chi connectivity index (χ0v) is 22.0. The average molecular weight is 559 g/mol. The summed E-state index contributed by atoms with van der Waals surface area (Å²) < 4.78 is 3.52. The first-order valence-corrected chi connectivity index (χ1v) is 14.4. The minimum atomic E-state index is -1.43. The van der Waals surface area contributed by atoms with E-state index in [4.69, 9.17) is 0 Å². The molecule has 1 aromatic heterocycles. The molecule has 172 valence electrons. The maximum Gasteiger partial charge on any atom is 0.338 e. The second-order valence-corrected chi connectivity index (χ2v) is 12.7. The second-order valence-electron chi connectivity index (χ2n) is 7.69. The quantitative estimate of drug-likeness (QED) is 0.287. The molecular weight excluding hydrogens is 538 g/mol. The number of halogens is 1. The molecule has 0 aliphatic rings. The predicted molar refractivity (Wildman–Crippen MR) is 152 cm³/mol. The van der Waals surface area contributed by atoms with Gasteiger partial charge in [-0.25, -0.2) is 9.13 Å². The van der Waals surface area contributed by atoms with Gasteiger partial charge in [-0.1, -0.05) is 121 Å². The number of nitrogens with zero attached hydrogens (tertiary/aromatic N) is 2. The molecule has 0 unspecified atom stereocenters. The fraction of sp³-hybridized carbons (Fsp3) is 0. The van der Waals surface area contributed by atoms with Crippen molar-refractivity contribution in [2.45, 2.75) is 0 Å². The largest absolute Gasteiger partial charge is 0.338 e. The summed E-state index contributed by atoms with van der Waals surface area (Å²) in [4.78, 5) is 27.8. The third kappa shape index (κ3) is 4.86. The number of rotatable bonds is 6. The highest BCUT2D eigenvalue weighted by atomic mass is 79.9. The van der Waals surface area contributed by atoms with Crippen LogP contribution < -0.4 is 32.5 Å². The van der Waals surface area contributed by atoms with E-state index < -0.39 is 16.1 Å². The van der Waals surface area contributed by atoms with Gasteiger partial charge in [-0.05, 0) is 15.9 Å². The molecule has 0 radical (unpaired) electrons. The Morgan fingerprint density at radius 1 is 0.514 bits per heavy atom. The van der Waals surface area contributed by atoms with Crippen LogP contribution in [0.15, 0.2) is 142 Å². The first-order valence-electron chi connectivity index (χ1n) is 11.0. The fourth-order valence-electron chi connectivity index (χ4n) is 3.88. The van der Waals surface area contributed by atoms with Crippen LogP contribution in [-0.4, -0.2) is 8.68 Å². The zero-order chi connectivity index (χ0) is 24.2. The van der Waals surface area contributed by atoms with Gasteiger partial charge in [0.15, 0.2) is 0 Å². The Kier molecular flexibility index (Phi) is 7.20. The molecule has 0 aliphatic heterocycles. The molecule has 0 spiro atoms. The Balaban J connectivity index is 1.81. The van der Waals surface area contributed by atoms with Crippen molar-refractivity contribution in [1.29, 1.82) is 0 Å². The summed E-state index contributed by atoms with van der Waals surface area (Å²) in [7, 11) is -2.68. The maximum absolute atomic E-state index is 14.3. The predicted octanol–water partition coefficient (Wildman–Crippen LogP) is 4.56. The Morgan fingerprint density at radius 2 is 0.857 bits per heavy atom. The van der Waals surface area contributed by atoms with E-state index in [0.29, 0.717) is 4.47 Å². The van der Waals surface area contributed by atoms with Crippen molar-refractivity contribution >= 4 is 53.3 Å². The van der Waals surface area contributed by atoms with Crippen molar-refractivity contribution in [3.63, 3.8) is 0 Å². The van der Waals surface area contributed by atoms with Gasteiger partial charge in [0, 0.05) is 27.4 Å². The van der Waals surface area contributed by atoms with Crippen molar-refractivity contribution in [2.75, 3.05) is 0 Å². The van der Waals surface area contributed by atoms with E-state index in [0.717, 1.165) is 21.2 Å². The molecule has 4 aromatic carbocycles. The Hall–Kier alpha value is -3.10. The van der Waals surface area contributed by atoms with Gasteiger partial charge in [0.05, 0.1) is 20.6 Å². The summed E-state index contributed by atoms with van der Waals surface area (Å²) in [6.07, 6.45) is 1.65. The molecule has 0 atom stereocenters. The molecule has 0 saturated carbocycles. The smallest absolute Gasteiger partial charge is 0.269 e. The lowest BCUT2D eigenvalue weighted by Crippen LogP contribution is -2.41. The van der Waals surface area contributed by atoms with Gasteiger partial charge in [0.1, 0.15) is 0 Å². The molecule has 0 fully saturated rings. The van der Waals surface area contributed by atoms with Crippen LogP contribution in [0.2, 0.25) is 0 Å². The molecule has 0 aliphatic carbocycles. The molecule has 1 heterocycles. The van der Waals surface area contributed by atoms with Crippen LogP contribution in [0.1, 0.15) is 0 Å². The van der Waals surface area contributed by atoms with E-state index in [1.165, 1.54) is 4.34 Å². The Bertz CT molecular complexity index is 1460. The van der Waals surface area contributed by atoms with Gasteiger partial charge in [0.2, 0.25) is 0 Å². The minimum absolute atomic E-state index is 0.323. The standard InChI is InChI=1S/C28H21BrN2O2P2/c29-26-21-30(34(22-13-5-1-6-14-22)23-15-7-2-8-16-23)28(33)31(27(26)32)35(24-17-9-3-10-18-24)25-19-11-4-12-20-25/h1-21H. The summed E-state index contributed by atoms with van der Waals surface area (Å²) in [5, 5.41) is 3.91. The Morgan fingerprint density at radius 3 is 1.23 bits per heavy atom. The fourth-order valence-corrected chi connectivity index (χ4v) is 9.05. The van der Waals surface area contributed by atoms with E-state index in [1.807, 2.05) is 121 Å². The maximum atomic E-state index is 14.3. The van der Waals surface area contributed by atoms with Crippen LogP contribution in [0.4, 0.5) is 0 Å².